The SMILES string of the molecule is O=C(CN1CCc2c(oc3cc(O)ccc23)C1)Nc1ccc(C(=O)NO)cc1. The lowest BCUT2D eigenvalue weighted by Gasteiger charge is -2.25. The molecule has 0 atom stereocenters. The van der Waals surface area contributed by atoms with E-state index in [1.54, 1.807) is 29.7 Å². The molecule has 0 fully saturated rings. The highest BCUT2D eigenvalue weighted by Crippen LogP contribution is 2.32. The second-order valence-electron chi connectivity index (χ2n) is 6.71. The van der Waals surface area contributed by atoms with Gasteiger partial charge in [0, 0.05) is 34.8 Å². The van der Waals surface area contributed by atoms with Crippen LogP contribution in [0.3, 0.4) is 0 Å². The third-order valence-corrected chi connectivity index (χ3v) is 4.80. The van der Waals surface area contributed by atoms with Crippen molar-refractivity contribution in [3.63, 3.8) is 0 Å². The number of carbonyl (C=O) groups excluding carboxylic acids is 2. The van der Waals surface area contributed by atoms with E-state index in [1.807, 2.05) is 11.0 Å². The number of hydrogen-bond acceptors (Lipinski definition) is 6. The molecule has 2 amide bonds. The summed E-state index contributed by atoms with van der Waals surface area (Å²) in [5, 5.41) is 22.0. The minimum atomic E-state index is -0.610. The molecule has 2 heterocycles. The van der Waals surface area contributed by atoms with Crippen molar-refractivity contribution in [2.45, 2.75) is 13.0 Å². The van der Waals surface area contributed by atoms with Gasteiger partial charge in [-0.15, -0.1) is 0 Å². The van der Waals surface area contributed by atoms with E-state index >= 15 is 0 Å². The number of rotatable bonds is 4. The average Bonchev–Trinajstić information content (AvgIpc) is 3.04. The molecular formula is C20H19N3O5. The molecular weight excluding hydrogens is 362 g/mol. The van der Waals surface area contributed by atoms with Gasteiger partial charge in [0.25, 0.3) is 5.91 Å². The summed E-state index contributed by atoms with van der Waals surface area (Å²) >= 11 is 0. The van der Waals surface area contributed by atoms with Crippen LogP contribution >= 0.6 is 0 Å². The van der Waals surface area contributed by atoms with Crippen LogP contribution in [0.2, 0.25) is 0 Å². The molecule has 0 unspecified atom stereocenters. The van der Waals surface area contributed by atoms with E-state index in [2.05, 4.69) is 5.32 Å². The second kappa shape index (κ2) is 7.34. The molecule has 4 N–H and O–H groups in total. The van der Waals surface area contributed by atoms with E-state index in [9.17, 15) is 14.7 Å². The number of carbonyl (C=O) groups is 2. The number of fused-ring (bicyclic) bond motifs is 3. The molecule has 0 radical (unpaired) electrons. The van der Waals surface area contributed by atoms with Crippen molar-refractivity contribution in [1.82, 2.24) is 10.4 Å². The van der Waals surface area contributed by atoms with Gasteiger partial charge in [0.15, 0.2) is 0 Å². The zero-order valence-corrected chi connectivity index (χ0v) is 14.9. The van der Waals surface area contributed by atoms with E-state index in [0.29, 0.717) is 23.4 Å². The number of aromatic hydroxyl groups is 1. The quantitative estimate of drug-likeness (QED) is 0.407. The van der Waals surface area contributed by atoms with Crippen LogP contribution in [0.5, 0.6) is 5.75 Å². The summed E-state index contributed by atoms with van der Waals surface area (Å²) in [6.45, 7) is 1.46. The molecule has 0 aliphatic carbocycles. The Hall–Kier alpha value is -3.36. The number of anilines is 1. The third kappa shape index (κ3) is 3.55. The van der Waals surface area contributed by atoms with Gasteiger partial charge in [-0.1, -0.05) is 0 Å². The Bertz CT molecular complexity index is 1040. The first-order chi connectivity index (χ1) is 13.5. The van der Waals surface area contributed by atoms with Crippen LogP contribution < -0.4 is 10.8 Å². The Kier molecular flexibility index (Phi) is 4.72. The van der Waals surface area contributed by atoms with Gasteiger partial charge in [-0.05, 0) is 42.8 Å². The molecule has 8 nitrogen and oxygen atoms in total. The number of furan rings is 1. The largest absolute Gasteiger partial charge is 0.508 e. The van der Waals surface area contributed by atoms with Gasteiger partial charge in [-0.3, -0.25) is 19.7 Å². The van der Waals surface area contributed by atoms with E-state index in [1.165, 1.54) is 12.1 Å². The van der Waals surface area contributed by atoms with E-state index in [4.69, 9.17) is 9.62 Å². The first-order valence-electron chi connectivity index (χ1n) is 8.83. The smallest absolute Gasteiger partial charge is 0.274 e. The van der Waals surface area contributed by atoms with Crippen molar-refractivity contribution in [2.75, 3.05) is 18.4 Å². The molecule has 0 bridgehead atoms. The Morgan fingerprint density at radius 3 is 2.68 bits per heavy atom. The molecule has 3 aromatic rings. The highest BCUT2D eigenvalue weighted by Gasteiger charge is 2.24. The van der Waals surface area contributed by atoms with Crippen LogP contribution in [0.1, 0.15) is 21.7 Å². The van der Waals surface area contributed by atoms with E-state index in [-0.39, 0.29) is 18.2 Å². The summed E-state index contributed by atoms with van der Waals surface area (Å²) in [7, 11) is 0. The predicted octanol–water partition coefficient (Wildman–Crippen LogP) is 2.25. The van der Waals surface area contributed by atoms with Gasteiger partial charge in [-0.25, -0.2) is 5.48 Å². The normalized spacial score (nSPS) is 13.9. The molecule has 2 aromatic carbocycles. The number of hydroxylamine groups is 1. The standard InChI is InChI=1S/C20H19N3O5/c24-14-5-6-15-16-7-8-23(10-18(16)28-17(15)9-14)11-19(25)21-13-3-1-12(2-4-13)20(26)22-27/h1-6,9,24,27H,7-8,10-11H2,(H,21,25)(H,22,26). The fraction of sp³-hybridized carbons (Fsp3) is 0.200. The monoisotopic (exact) mass is 381 g/mol. The Labute approximate surface area is 160 Å². The minimum absolute atomic E-state index is 0.164. The maximum absolute atomic E-state index is 12.3. The van der Waals surface area contributed by atoms with Crippen LogP contribution in [-0.2, 0) is 17.8 Å². The molecule has 4 rings (SSSR count). The lowest BCUT2D eigenvalue weighted by atomic mass is 10.0. The van der Waals surface area contributed by atoms with Crippen molar-refractivity contribution >= 4 is 28.5 Å². The van der Waals surface area contributed by atoms with Crippen LogP contribution in [-0.4, -0.2) is 40.1 Å². The van der Waals surface area contributed by atoms with Crippen LogP contribution in [0.4, 0.5) is 5.69 Å². The lowest BCUT2D eigenvalue weighted by molar-refractivity contribution is -0.117. The van der Waals surface area contributed by atoms with E-state index in [0.717, 1.165) is 29.7 Å². The third-order valence-electron chi connectivity index (χ3n) is 4.80. The second-order valence-corrected chi connectivity index (χ2v) is 6.71. The van der Waals surface area contributed by atoms with Crippen molar-refractivity contribution in [1.29, 1.82) is 0 Å². The van der Waals surface area contributed by atoms with Crippen LogP contribution in [0.25, 0.3) is 11.0 Å². The zero-order valence-electron chi connectivity index (χ0n) is 14.9. The summed E-state index contributed by atoms with van der Waals surface area (Å²) in [6.07, 6.45) is 0.769. The Morgan fingerprint density at radius 1 is 1.14 bits per heavy atom. The van der Waals surface area contributed by atoms with Crippen molar-refractivity contribution in [2.24, 2.45) is 0 Å². The summed E-state index contributed by atoms with van der Waals surface area (Å²) in [4.78, 5) is 25.7. The van der Waals surface area contributed by atoms with Gasteiger partial charge in [0.1, 0.15) is 17.1 Å². The van der Waals surface area contributed by atoms with Gasteiger partial charge >= 0.3 is 0 Å². The first-order valence-corrected chi connectivity index (χ1v) is 8.83. The molecule has 1 aromatic heterocycles. The maximum Gasteiger partial charge on any atom is 0.274 e. The van der Waals surface area contributed by atoms with Crippen molar-refractivity contribution in [3.05, 3.63) is 59.4 Å². The maximum atomic E-state index is 12.3. The number of nitrogens with one attached hydrogen (secondary N) is 2. The number of phenols is 1. The van der Waals surface area contributed by atoms with Crippen molar-refractivity contribution < 1.29 is 24.3 Å². The molecule has 1 aliphatic heterocycles. The molecule has 0 spiro atoms. The number of amides is 2. The van der Waals surface area contributed by atoms with Gasteiger partial charge in [0.2, 0.25) is 5.91 Å². The van der Waals surface area contributed by atoms with Gasteiger partial charge in [0.05, 0.1) is 13.1 Å². The van der Waals surface area contributed by atoms with Crippen LogP contribution in [0.15, 0.2) is 46.9 Å². The zero-order chi connectivity index (χ0) is 19.7. The Morgan fingerprint density at radius 2 is 1.93 bits per heavy atom. The summed E-state index contributed by atoms with van der Waals surface area (Å²) in [5.74, 6) is 0.203. The van der Waals surface area contributed by atoms with Gasteiger partial charge < -0.3 is 14.8 Å². The Balaban J connectivity index is 1.39. The molecule has 0 saturated heterocycles. The summed E-state index contributed by atoms with van der Waals surface area (Å²) in [6, 6.07) is 11.3. The molecule has 1 aliphatic rings. The van der Waals surface area contributed by atoms with Crippen LogP contribution in [0, 0.1) is 0 Å². The average molecular weight is 381 g/mol. The first kappa shape index (κ1) is 18.0. The molecule has 144 valence electrons. The summed E-state index contributed by atoms with van der Waals surface area (Å²) in [5.41, 5.74) is 4.20. The fourth-order valence-corrected chi connectivity index (χ4v) is 3.45. The number of nitrogens with zero attached hydrogens (tertiary/aromatic N) is 1. The predicted molar refractivity (Wildman–Crippen MR) is 101 cm³/mol. The lowest BCUT2D eigenvalue weighted by Crippen LogP contribution is -2.36. The number of benzene rings is 2. The topological polar surface area (TPSA) is 115 Å². The number of phenolic OH excluding ortho intramolecular Hbond substituents is 1. The highest BCUT2D eigenvalue weighted by molar-refractivity contribution is 5.95. The minimum Gasteiger partial charge on any atom is -0.508 e. The number of hydrogen-bond donors (Lipinski definition) is 4. The van der Waals surface area contributed by atoms with Crippen molar-refractivity contribution in [3.8, 4) is 5.75 Å². The highest BCUT2D eigenvalue weighted by atomic mass is 16.5. The molecule has 0 saturated carbocycles. The molecule has 28 heavy (non-hydrogen) atoms. The fourth-order valence-electron chi connectivity index (χ4n) is 3.45. The van der Waals surface area contributed by atoms with E-state index < -0.39 is 5.91 Å². The molecule has 8 heteroatoms. The summed E-state index contributed by atoms with van der Waals surface area (Å²) < 4.78 is 5.86. The van der Waals surface area contributed by atoms with Gasteiger partial charge in [-0.2, -0.15) is 0 Å².